The quantitative estimate of drug-likeness (QED) is 0.310. The third-order valence-corrected chi connectivity index (χ3v) is 4.97. The van der Waals surface area contributed by atoms with Gasteiger partial charge in [0, 0.05) is 35.5 Å². The maximum absolute atomic E-state index is 15.0. The van der Waals surface area contributed by atoms with Gasteiger partial charge in [-0.2, -0.15) is 0 Å². The van der Waals surface area contributed by atoms with E-state index in [0.29, 0.717) is 17.9 Å². The summed E-state index contributed by atoms with van der Waals surface area (Å²) in [5.41, 5.74) is 5.26. The molecule has 2 aromatic carbocycles. The zero-order valence-electron chi connectivity index (χ0n) is 17.6. The standard InChI is InChI=1S/C24H27FN4O/c1-5-18(12-13-26-3)29-21-10-9-20(22(25)24(21)30-4)27-14-11-17-15-28-23-16(2)7-6-8-19(17)23/h5-10,12-13,15,27-29H,3,11,14H2,1-2,4H3/b13-12-,18-5+. The van der Waals surface area contributed by atoms with Crippen LogP contribution in [0, 0.1) is 12.7 Å². The first kappa shape index (κ1) is 21.2. The first-order valence-corrected chi connectivity index (χ1v) is 9.80. The molecule has 1 aromatic heterocycles. The number of halogens is 1. The van der Waals surface area contributed by atoms with Gasteiger partial charge in [-0.15, -0.1) is 0 Å². The highest BCUT2D eigenvalue weighted by molar-refractivity contribution is 5.85. The number of anilines is 2. The molecule has 0 unspecified atom stereocenters. The maximum atomic E-state index is 15.0. The molecule has 0 saturated heterocycles. The van der Waals surface area contributed by atoms with Crippen LogP contribution in [-0.4, -0.2) is 25.4 Å². The smallest absolute Gasteiger partial charge is 0.190 e. The molecule has 30 heavy (non-hydrogen) atoms. The summed E-state index contributed by atoms with van der Waals surface area (Å²) in [4.78, 5) is 7.02. The fraction of sp³-hybridized carbons (Fsp3) is 0.208. The molecule has 156 valence electrons. The van der Waals surface area contributed by atoms with Gasteiger partial charge in [-0.3, -0.25) is 4.99 Å². The monoisotopic (exact) mass is 406 g/mol. The van der Waals surface area contributed by atoms with E-state index in [-0.39, 0.29) is 5.75 Å². The zero-order valence-corrected chi connectivity index (χ0v) is 17.6. The number of H-pyrrole nitrogens is 1. The molecule has 0 aliphatic rings. The molecule has 0 saturated carbocycles. The molecule has 0 bridgehead atoms. The molecular weight excluding hydrogens is 379 g/mol. The topological polar surface area (TPSA) is 61.4 Å². The average molecular weight is 407 g/mol. The lowest BCUT2D eigenvalue weighted by molar-refractivity contribution is 0.389. The van der Waals surface area contributed by atoms with E-state index in [1.54, 1.807) is 24.4 Å². The van der Waals surface area contributed by atoms with Crippen molar-refractivity contribution in [1.82, 2.24) is 4.98 Å². The van der Waals surface area contributed by atoms with Gasteiger partial charge in [-0.25, -0.2) is 4.39 Å². The third-order valence-electron chi connectivity index (χ3n) is 4.97. The Morgan fingerprint density at radius 3 is 2.80 bits per heavy atom. The number of fused-ring (bicyclic) bond motifs is 1. The minimum atomic E-state index is -0.432. The highest BCUT2D eigenvalue weighted by Gasteiger charge is 2.15. The third kappa shape index (κ3) is 4.54. The molecule has 0 fully saturated rings. The van der Waals surface area contributed by atoms with Crippen molar-refractivity contribution in [3.63, 3.8) is 0 Å². The molecule has 6 heteroatoms. The van der Waals surface area contributed by atoms with E-state index < -0.39 is 5.82 Å². The van der Waals surface area contributed by atoms with Crippen LogP contribution < -0.4 is 15.4 Å². The zero-order chi connectivity index (χ0) is 21.5. The number of hydrogen-bond donors (Lipinski definition) is 3. The molecule has 3 N–H and O–H groups in total. The summed E-state index contributed by atoms with van der Waals surface area (Å²) < 4.78 is 20.3. The van der Waals surface area contributed by atoms with Crippen LogP contribution in [0.4, 0.5) is 15.8 Å². The largest absolute Gasteiger partial charge is 0.492 e. The van der Waals surface area contributed by atoms with Crippen LogP contribution in [0.5, 0.6) is 5.75 Å². The Balaban J connectivity index is 1.72. The lowest BCUT2D eigenvalue weighted by Crippen LogP contribution is -2.08. The number of benzene rings is 2. The molecule has 3 aromatic rings. The van der Waals surface area contributed by atoms with Crippen molar-refractivity contribution < 1.29 is 9.13 Å². The van der Waals surface area contributed by atoms with Crippen LogP contribution in [0.2, 0.25) is 0 Å². The van der Waals surface area contributed by atoms with E-state index >= 15 is 4.39 Å². The molecule has 0 amide bonds. The lowest BCUT2D eigenvalue weighted by atomic mass is 10.1. The van der Waals surface area contributed by atoms with Gasteiger partial charge in [0.1, 0.15) is 0 Å². The number of methoxy groups -OCH3 is 1. The van der Waals surface area contributed by atoms with Crippen LogP contribution in [0.15, 0.2) is 65.6 Å². The predicted molar refractivity (Wildman–Crippen MR) is 124 cm³/mol. The van der Waals surface area contributed by atoms with Crippen molar-refractivity contribution in [3.05, 3.63) is 77.5 Å². The van der Waals surface area contributed by atoms with Crippen LogP contribution in [-0.2, 0) is 6.42 Å². The highest BCUT2D eigenvalue weighted by atomic mass is 19.1. The van der Waals surface area contributed by atoms with Crippen molar-refractivity contribution in [1.29, 1.82) is 0 Å². The van der Waals surface area contributed by atoms with E-state index in [1.165, 1.54) is 23.6 Å². The van der Waals surface area contributed by atoms with Crippen LogP contribution in [0.3, 0.4) is 0 Å². The van der Waals surface area contributed by atoms with Crippen LogP contribution in [0.1, 0.15) is 18.1 Å². The van der Waals surface area contributed by atoms with E-state index in [9.17, 15) is 0 Å². The SMILES string of the molecule is C=N/C=C\C(=C/C)Nc1ccc(NCCc2c[nH]c3c(C)cccc23)c(F)c1OC. The van der Waals surface area contributed by atoms with Crippen molar-refractivity contribution >= 4 is 29.0 Å². The molecule has 1 heterocycles. The van der Waals surface area contributed by atoms with Gasteiger partial charge in [0.25, 0.3) is 0 Å². The summed E-state index contributed by atoms with van der Waals surface area (Å²) in [5, 5.41) is 7.53. The number of ether oxygens (including phenoxy) is 1. The van der Waals surface area contributed by atoms with E-state index in [0.717, 1.165) is 17.6 Å². The fourth-order valence-electron chi connectivity index (χ4n) is 3.39. The van der Waals surface area contributed by atoms with E-state index in [2.05, 4.69) is 52.5 Å². The van der Waals surface area contributed by atoms with Crippen molar-refractivity contribution in [2.75, 3.05) is 24.3 Å². The Labute approximate surface area is 176 Å². The number of hydrogen-bond acceptors (Lipinski definition) is 4. The number of aliphatic imine (C=N–C) groups is 1. The molecule has 0 radical (unpaired) electrons. The maximum Gasteiger partial charge on any atom is 0.190 e. The molecule has 5 nitrogen and oxygen atoms in total. The second-order valence-corrected chi connectivity index (χ2v) is 6.86. The molecular formula is C24H27FN4O. The average Bonchev–Trinajstić information content (AvgIpc) is 3.17. The summed E-state index contributed by atoms with van der Waals surface area (Å²) in [6.45, 7) is 7.97. The molecule has 0 spiro atoms. The number of aromatic nitrogens is 1. The summed E-state index contributed by atoms with van der Waals surface area (Å²) in [6, 6.07) is 9.74. The first-order valence-electron chi connectivity index (χ1n) is 9.80. The predicted octanol–water partition coefficient (Wildman–Crippen LogP) is 5.81. The van der Waals surface area contributed by atoms with Gasteiger partial charge in [0.2, 0.25) is 0 Å². The van der Waals surface area contributed by atoms with Gasteiger partial charge in [-0.1, -0.05) is 24.3 Å². The normalized spacial score (nSPS) is 11.8. The Kier molecular flexibility index (Phi) is 6.91. The Hall–Kier alpha value is -3.54. The number of aryl methyl sites for hydroxylation is 1. The summed E-state index contributed by atoms with van der Waals surface area (Å²) in [6.07, 6.45) is 7.96. The van der Waals surface area contributed by atoms with Gasteiger partial charge >= 0.3 is 0 Å². The second-order valence-electron chi connectivity index (χ2n) is 6.86. The Bertz CT molecular complexity index is 1100. The van der Waals surface area contributed by atoms with Crippen molar-refractivity contribution in [2.45, 2.75) is 20.3 Å². The Morgan fingerprint density at radius 1 is 1.27 bits per heavy atom. The summed E-state index contributed by atoms with van der Waals surface area (Å²) >= 11 is 0. The number of para-hydroxylation sites is 1. The number of allylic oxidation sites excluding steroid dienone is 2. The number of rotatable bonds is 9. The fourth-order valence-corrected chi connectivity index (χ4v) is 3.39. The minimum absolute atomic E-state index is 0.155. The van der Waals surface area contributed by atoms with Crippen LogP contribution in [0.25, 0.3) is 10.9 Å². The van der Waals surface area contributed by atoms with E-state index in [4.69, 9.17) is 4.74 Å². The summed E-state index contributed by atoms with van der Waals surface area (Å²) in [7, 11) is 1.46. The van der Waals surface area contributed by atoms with E-state index in [1.807, 2.05) is 19.2 Å². The van der Waals surface area contributed by atoms with Crippen molar-refractivity contribution in [2.24, 2.45) is 4.99 Å². The number of aromatic amines is 1. The number of nitrogens with one attached hydrogen (secondary N) is 3. The number of nitrogens with zero attached hydrogens (tertiary/aromatic N) is 1. The summed E-state index contributed by atoms with van der Waals surface area (Å²) in [5.74, 6) is -0.277. The first-order chi connectivity index (χ1) is 14.6. The van der Waals surface area contributed by atoms with Gasteiger partial charge in [-0.05, 0) is 56.3 Å². The minimum Gasteiger partial charge on any atom is -0.492 e. The van der Waals surface area contributed by atoms with Gasteiger partial charge in [0.05, 0.1) is 18.5 Å². The van der Waals surface area contributed by atoms with Crippen LogP contribution >= 0.6 is 0 Å². The Morgan fingerprint density at radius 2 is 2.07 bits per heavy atom. The molecule has 0 atom stereocenters. The van der Waals surface area contributed by atoms with Crippen molar-refractivity contribution in [3.8, 4) is 5.75 Å². The molecule has 3 rings (SSSR count). The van der Waals surface area contributed by atoms with Gasteiger partial charge in [0.15, 0.2) is 11.6 Å². The highest BCUT2D eigenvalue weighted by Crippen LogP contribution is 2.34. The lowest BCUT2D eigenvalue weighted by Gasteiger charge is -2.15. The second kappa shape index (κ2) is 9.78. The van der Waals surface area contributed by atoms with Gasteiger partial charge < -0.3 is 20.4 Å². The molecule has 0 aliphatic carbocycles. The molecule has 0 aliphatic heterocycles.